The third kappa shape index (κ3) is 5.22. The molecule has 4 nitrogen and oxygen atoms in total. The van der Waals surface area contributed by atoms with Crippen molar-refractivity contribution in [2.75, 3.05) is 26.2 Å². The van der Waals surface area contributed by atoms with E-state index in [2.05, 4.69) is 35.6 Å². The molecule has 2 N–H and O–H groups in total. The highest BCUT2D eigenvalue weighted by atomic mass is 19.1. The molecular weight excluding hydrogens is 367 g/mol. The molecule has 2 aromatic carbocycles. The van der Waals surface area contributed by atoms with E-state index in [0.717, 1.165) is 44.5 Å². The van der Waals surface area contributed by atoms with Gasteiger partial charge in [-0.25, -0.2) is 4.39 Å². The topological polar surface area (TPSA) is 52.6 Å². The molecule has 4 rings (SSSR count). The van der Waals surface area contributed by atoms with Gasteiger partial charge in [0.2, 0.25) is 0 Å². The normalized spacial score (nSPS) is 23.6. The van der Waals surface area contributed by atoms with Crippen molar-refractivity contribution in [1.29, 1.82) is 0 Å². The number of carbonyl (C=O) groups is 1. The van der Waals surface area contributed by atoms with E-state index >= 15 is 0 Å². The molecular formula is C24H29FN2O2. The number of aliphatic carboxylic acids is 1. The van der Waals surface area contributed by atoms with E-state index in [1.54, 1.807) is 0 Å². The average molecular weight is 397 g/mol. The zero-order chi connectivity index (χ0) is 20.3. The lowest BCUT2D eigenvalue weighted by molar-refractivity contribution is -0.138. The monoisotopic (exact) mass is 396 g/mol. The van der Waals surface area contributed by atoms with Crippen LogP contribution >= 0.6 is 0 Å². The summed E-state index contributed by atoms with van der Waals surface area (Å²) < 4.78 is 13.3. The Hall–Kier alpha value is -2.24. The summed E-state index contributed by atoms with van der Waals surface area (Å²) in [6.45, 7) is 2.61. The fraction of sp³-hybridized carbons (Fsp3) is 0.458. The molecule has 1 aliphatic heterocycles. The van der Waals surface area contributed by atoms with Crippen LogP contribution in [0.5, 0.6) is 0 Å². The van der Waals surface area contributed by atoms with E-state index in [1.807, 2.05) is 17.0 Å². The van der Waals surface area contributed by atoms with Crippen LogP contribution < -0.4 is 5.32 Å². The zero-order valence-corrected chi connectivity index (χ0v) is 16.7. The van der Waals surface area contributed by atoms with Gasteiger partial charge in [-0.3, -0.25) is 9.69 Å². The maximum atomic E-state index is 13.3. The van der Waals surface area contributed by atoms with Crippen molar-refractivity contribution in [3.05, 3.63) is 71.5 Å². The molecule has 0 spiro atoms. The van der Waals surface area contributed by atoms with Gasteiger partial charge in [0.1, 0.15) is 5.82 Å². The molecule has 29 heavy (non-hydrogen) atoms. The third-order valence-electron chi connectivity index (χ3n) is 6.53. The minimum absolute atomic E-state index is 0.0800. The summed E-state index contributed by atoms with van der Waals surface area (Å²) in [7, 11) is 0. The van der Waals surface area contributed by atoms with E-state index in [4.69, 9.17) is 5.11 Å². The highest BCUT2D eigenvalue weighted by Crippen LogP contribution is 2.42. The first kappa shape index (κ1) is 20.0. The lowest BCUT2D eigenvalue weighted by Gasteiger charge is -2.42. The van der Waals surface area contributed by atoms with Crippen molar-refractivity contribution in [2.24, 2.45) is 5.41 Å². The number of piperidine rings is 1. The third-order valence-corrected chi connectivity index (χ3v) is 6.53. The fourth-order valence-corrected chi connectivity index (χ4v) is 4.66. The molecule has 1 heterocycles. The first-order chi connectivity index (χ1) is 14.0. The van der Waals surface area contributed by atoms with Crippen LogP contribution in [0.4, 0.5) is 4.39 Å². The predicted molar refractivity (Wildman–Crippen MR) is 111 cm³/mol. The number of halogens is 1. The number of benzene rings is 2. The number of nitrogens with zero attached hydrogens (tertiary/aromatic N) is 1. The molecule has 1 saturated carbocycles. The van der Waals surface area contributed by atoms with Crippen molar-refractivity contribution in [1.82, 2.24) is 10.2 Å². The smallest absolute Gasteiger partial charge is 0.317 e. The Bertz CT molecular complexity index is 817. The van der Waals surface area contributed by atoms with Crippen LogP contribution in [0.1, 0.15) is 36.3 Å². The van der Waals surface area contributed by atoms with Gasteiger partial charge < -0.3 is 10.4 Å². The quantitative estimate of drug-likeness (QED) is 0.715. The van der Waals surface area contributed by atoms with E-state index in [-0.39, 0.29) is 17.8 Å². The van der Waals surface area contributed by atoms with Crippen LogP contribution in [0.3, 0.4) is 0 Å². The summed E-state index contributed by atoms with van der Waals surface area (Å²) in [6, 6.07) is 18.0. The second kappa shape index (κ2) is 8.64. The van der Waals surface area contributed by atoms with Gasteiger partial charge in [-0.1, -0.05) is 42.5 Å². The standard InChI is InChI=1S/C24H29FN2O2/c25-20-8-6-18(7-9-20)15-24(10-12-27(13-11-24)16-23(28)29)17-26-22-14-21(22)19-4-2-1-3-5-19/h1-9,21-22,26H,10-17H2,(H,28,29)/t21?,22-/m1/s1. The molecule has 0 radical (unpaired) electrons. The summed E-state index contributed by atoms with van der Waals surface area (Å²) in [5, 5.41) is 12.9. The van der Waals surface area contributed by atoms with Crippen molar-refractivity contribution < 1.29 is 14.3 Å². The first-order valence-electron chi connectivity index (χ1n) is 10.5. The molecule has 154 valence electrons. The Morgan fingerprint density at radius 3 is 2.45 bits per heavy atom. The minimum atomic E-state index is -0.766. The average Bonchev–Trinajstić information content (AvgIpc) is 3.50. The molecule has 0 amide bonds. The molecule has 0 aromatic heterocycles. The van der Waals surface area contributed by atoms with Crippen LogP contribution in [0, 0.1) is 11.2 Å². The molecule has 1 aliphatic carbocycles. The fourth-order valence-electron chi connectivity index (χ4n) is 4.66. The Morgan fingerprint density at radius 1 is 1.10 bits per heavy atom. The highest BCUT2D eigenvalue weighted by Gasteiger charge is 2.41. The Kier molecular flexibility index (Phi) is 5.97. The maximum absolute atomic E-state index is 13.3. The number of carboxylic acids is 1. The predicted octanol–water partition coefficient (Wildman–Crippen LogP) is 3.68. The summed E-state index contributed by atoms with van der Waals surface area (Å²) in [5.74, 6) is -0.384. The SMILES string of the molecule is O=C(O)CN1CCC(CN[C@@H]2CC2c2ccccc2)(Cc2ccc(F)cc2)CC1. The van der Waals surface area contributed by atoms with Gasteiger partial charge in [0.15, 0.2) is 0 Å². The first-order valence-corrected chi connectivity index (χ1v) is 10.5. The summed E-state index contributed by atoms with van der Waals surface area (Å²) in [4.78, 5) is 13.1. The van der Waals surface area contributed by atoms with Crippen LogP contribution in [0.25, 0.3) is 0 Å². The number of hydrogen-bond donors (Lipinski definition) is 2. The number of hydrogen-bond acceptors (Lipinski definition) is 3. The number of rotatable bonds is 8. The lowest BCUT2D eigenvalue weighted by atomic mass is 9.73. The zero-order valence-electron chi connectivity index (χ0n) is 16.7. The van der Waals surface area contributed by atoms with Crippen molar-refractivity contribution in [3.63, 3.8) is 0 Å². The van der Waals surface area contributed by atoms with Gasteiger partial charge in [0.05, 0.1) is 6.54 Å². The second-order valence-corrected chi connectivity index (χ2v) is 8.71. The molecule has 2 aliphatic rings. The highest BCUT2D eigenvalue weighted by molar-refractivity contribution is 5.69. The number of carboxylic acid groups (broad SMARTS) is 1. The number of likely N-dealkylation sites (tertiary alicyclic amines) is 1. The maximum Gasteiger partial charge on any atom is 0.317 e. The van der Waals surface area contributed by atoms with Crippen molar-refractivity contribution in [2.45, 2.75) is 37.6 Å². The Morgan fingerprint density at radius 2 is 1.79 bits per heavy atom. The van der Waals surface area contributed by atoms with Gasteiger partial charge in [-0.15, -0.1) is 0 Å². The van der Waals surface area contributed by atoms with Crippen molar-refractivity contribution in [3.8, 4) is 0 Å². The van der Waals surface area contributed by atoms with E-state index in [9.17, 15) is 9.18 Å². The van der Waals surface area contributed by atoms with Gasteiger partial charge >= 0.3 is 5.97 Å². The molecule has 0 bridgehead atoms. The second-order valence-electron chi connectivity index (χ2n) is 8.71. The molecule has 2 fully saturated rings. The van der Waals surface area contributed by atoms with Crippen LogP contribution in [-0.2, 0) is 11.2 Å². The van der Waals surface area contributed by atoms with Crippen molar-refractivity contribution >= 4 is 5.97 Å². The molecule has 2 aromatic rings. The van der Waals surface area contributed by atoms with Crippen LogP contribution in [-0.4, -0.2) is 48.2 Å². The van der Waals surface area contributed by atoms with Crippen LogP contribution in [0.2, 0.25) is 0 Å². The molecule has 2 atom stereocenters. The lowest BCUT2D eigenvalue weighted by Crippen LogP contribution is -2.48. The van der Waals surface area contributed by atoms with E-state index in [0.29, 0.717) is 12.0 Å². The molecule has 5 heteroatoms. The van der Waals surface area contributed by atoms with Gasteiger partial charge in [0.25, 0.3) is 0 Å². The van der Waals surface area contributed by atoms with Gasteiger partial charge in [-0.05, 0) is 67.4 Å². The summed E-state index contributed by atoms with van der Waals surface area (Å²) in [5.41, 5.74) is 2.63. The minimum Gasteiger partial charge on any atom is -0.480 e. The van der Waals surface area contributed by atoms with Gasteiger partial charge in [0, 0.05) is 18.5 Å². The summed E-state index contributed by atoms with van der Waals surface area (Å²) in [6.07, 6.45) is 3.96. The number of nitrogens with one attached hydrogen (secondary N) is 1. The molecule has 1 saturated heterocycles. The van der Waals surface area contributed by atoms with Gasteiger partial charge in [-0.2, -0.15) is 0 Å². The van der Waals surface area contributed by atoms with E-state index in [1.165, 1.54) is 24.1 Å². The Balaban J connectivity index is 1.40. The molecule has 1 unspecified atom stereocenters. The Labute approximate surface area is 171 Å². The largest absolute Gasteiger partial charge is 0.480 e. The summed E-state index contributed by atoms with van der Waals surface area (Å²) >= 11 is 0. The van der Waals surface area contributed by atoms with E-state index < -0.39 is 5.97 Å². The van der Waals surface area contributed by atoms with Crippen LogP contribution in [0.15, 0.2) is 54.6 Å².